The molecule has 2 fully saturated rings. The van der Waals surface area contributed by atoms with E-state index in [1.165, 1.54) is 0 Å². The van der Waals surface area contributed by atoms with Crippen LogP contribution in [-0.2, 0) is 16.6 Å². The van der Waals surface area contributed by atoms with Gasteiger partial charge in [-0.1, -0.05) is 12.1 Å². The molecular weight excluding hydrogens is 554 g/mol. The Hall–Kier alpha value is -2.64. The quantitative estimate of drug-likeness (QED) is 0.409. The first-order valence-corrected chi connectivity index (χ1v) is 14.1. The molecule has 1 aromatic carbocycles. The highest BCUT2D eigenvalue weighted by atomic mass is 79.9. The van der Waals surface area contributed by atoms with Gasteiger partial charge in [0.15, 0.2) is 11.5 Å². The predicted octanol–water partition coefficient (Wildman–Crippen LogP) is 3.99. The topological polar surface area (TPSA) is 97.0 Å². The summed E-state index contributed by atoms with van der Waals surface area (Å²) in [5.41, 5.74) is -0.232. The Morgan fingerprint density at radius 2 is 2.30 bits per heavy atom. The number of likely N-dealkylation sites (tertiary alicyclic amines) is 1. The second kappa shape index (κ2) is 8.70. The number of nitriles is 1. The van der Waals surface area contributed by atoms with Gasteiger partial charge in [-0.25, -0.2) is 0 Å². The number of phenols is 1. The van der Waals surface area contributed by atoms with E-state index in [2.05, 4.69) is 33.5 Å². The minimum atomic E-state index is -1.17. The SMILES string of the molecule is C=CCN1C(C#N)C[C@]23c4c5ccc(O)c4O[C@H]2[C@H](N(C)C(=O)/C=C/c2cc(Br)cs2)CC[C@@]3(O)[C@H]1C5. The summed E-state index contributed by atoms with van der Waals surface area (Å²) in [5, 5.41) is 35.5. The van der Waals surface area contributed by atoms with E-state index in [9.17, 15) is 20.3 Å². The van der Waals surface area contributed by atoms with Crippen LogP contribution >= 0.6 is 27.3 Å². The molecule has 3 heterocycles. The summed E-state index contributed by atoms with van der Waals surface area (Å²) in [6, 6.07) is 6.89. The van der Waals surface area contributed by atoms with Gasteiger partial charge in [-0.2, -0.15) is 5.26 Å². The molecular formula is C28H28BrN3O4S. The molecule has 1 saturated heterocycles. The number of likely N-dealkylation sites (N-methyl/N-ethyl adjacent to an activating group) is 1. The lowest BCUT2D eigenvalue weighted by atomic mass is 9.47. The number of phenolic OH excluding ortho intramolecular Hbond substituents is 1. The molecule has 6 rings (SSSR count). The Morgan fingerprint density at radius 3 is 3.00 bits per heavy atom. The average molecular weight is 583 g/mol. The Bertz CT molecular complexity index is 1370. The third-order valence-electron chi connectivity index (χ3n) is 8.94. The van der Waals surface area contributed by atoms with Gasteiger partial charge in [0.05, 0.1) is 29.2 Å². The highest BCUT2D eigenvalue weighted by molar-refractivity contribution is 9.10. The number of rotatable bonds is 5. The zero-order valence-corrected chi connectivity index (χ0v) is 22.8. The normalized spacial score (nSPS) is 33.5. The van der Waals surface area contributed by atoms with Gasteiger partial charge in [-0.3, -0.25) is 9.69 Å². The number of benzene rings is 1. The van der Waals surface area contributed by atoms with Crippen molar-refractivity contribution in [3.8, 4) is 17.6 Å². The van der Waals surface area contributed by atoms with Gasteiger partial charge in [0, 0.05) is 46.0 Å². The molecule has 1 aromatic heterocycles. The van der Waals surface area contributed by atoms with E-state index < -0.39 is 23.2 Å². The molecule has 6 atom stereocenters. The molecule has 1 saturated carbocycles. The zero-order valence-electron chi connectivity index (χ0n) is 20.4. The molecule has 1 unspecified atom stereocenters. The number of aliphatic hydroxyl groups is 1. The highest BCUT2D eigenvalue weighted by Gasteiger charge is 2.74. The smallest absolute Gasteiger partial charge is 0.246 e. The molecule has 9 heteroatoms. The van der Waals surface area contributed by atoms with Crippen LogP contribution in [0.2, 0.25) is 0 Å². The lowest BCUT2D eigenvalue weighted by Crippen LogP contribution is -2.79. The monoisotopic (exact) mass is 581 g/mol. The van der Waals surface area contributed by atoms with Crippen LogP contribution in [0.5, 0.6) is 11.5 Å². The van der Waals surface area contributed by atoms with E-state index in [1.54, 1.807) is 47.6 Å². The van der Waals surface area contributed by atoms with E-state index in [1.807, 2.05) is 17.5 Å². The summed E-state index contributed by atoms with van der Waals surface area (Å²) in [6.07, 6.45) is 6.48. The Morgan fingerprint density at radius 1 is 1.49 bits per heavy atom. The van der Waals surface area contributed by atoms with Crippen molar-refractivity contribution in [2.45, 2.75) is 60.9 Å². The predicted molar refractivity (Wildman–Crippen MR) is 144 cm³/mol. The van der Waals surface area contributed by atoms with Crippen LogP contribution in [0.15, 0.2) is 46.8 Å². The number of nitrogens with zero attached hydrogens (tertiary/aromatic N) is 3. The van der Waals surface area contributed by atoms with E-state index in [0.29, 0.717) is 38.0 Å². The number of aromatic hydroxyl groups is 1. The summed E-state index contributed by atoms with van der Waals surface area (Å²) >= 11 is 4.98. The van der Waals surface area contributed by atoms with Crippen molar-refractivity contribution in [3.63, 3.8) is 0 Å². The number of halogens is 1. The maximum Gasteiger partial charge on any atom is 0.246 e. The standard InChI is InChI=1S/C28H28BrN3O4S/c1-3-10-32-18(14-30)13-27-24-16-4-6-21(33)25(24)36-26(27)20(8-9-28(27,35)22(32)11-16)31(2)23(34)7-5-19-12-17(29)15-37-19/h3-7,12,15,18,20,22,26,33,35H,1,8-11,13H2,2H3/b7-5+/t18?,20-,22-,26+,27+,28-/m1/s1. The lowest BCUT2D eigenvalue weighted by Gasteiger charge is -2.65. The molecule has 37 heavy (non-hydrogen) atoms. The maximum absolute atomic E-state index is 13.3. The number of ether oxygens (including phenoxy) is 1. The maximum atomic E-state index is 13.3. The van der Waals surface area contributed by atoms with Gasteiger partial charge in [-0.05, 0) is 65.4 Å². The molecule has 0 radical (unpaired) electrons. The molecule has 2 N–H and O–H groups in total. The summed E-state index contributed by atoms with van der Waals surface area (Å²) in [4.78, 5) is 18.0. The second-order valence-corrected chi connectivity index (χ2v) is 12.4. The number of thiophene rings is 1. The first kappa shape index (κ1) is 24.7. The second-order valence-electron chi connectivity index (χ2n) is 10.5. The first-order chi connectivity index (χ1) is 17.7. The van der Waals surface area contributed by atoms with Crippen molar-refractivity contribution in [2.24, 2.45) is 0 Å². The van der Waals surface area contributed by atoms with Crippen molar-refractivity contribution >= 4 is 39.2 Å². The van der Waals surface area contributed by atoms with E-state index in [4.69, 9.17) is 4.74 Å². The van der Waals surface area contributed by atoms with Crippen LogP contribution < -0.4 is 4.74 Å². The molecule has 2 bridgehead atoms. The molecule has 1 amide bonds. The summed E-state index contributed by atoms with van der Waals surface area (Å²) in [7, 11) is 1.77. The van der Waals surface area contributed by atoms with Crippen molar-refractivity contribution in [2.75, 3.05) is 13.6 Å². The first-order valence-electron chi connectivity index (χ1n) is 12.4. The van der Waals surface area contributed by atoms with Crippen molar-refractivity contribution in [1.82, 2.24) is 9.80 Å². The number of amides is 1. The van der Waals surface area contributed by atoms with E-state index >= 15 is 0 Å². The van der Waals surface area contributed by atoms with Crippen molar-refractivity contribution in [1.29, 1.82) is 5.26 Å². The van der Waals surface area contributed by atoms with Gasteiger partial charge in [0.1, 0.15) is 6.10 Å². The molecule has 2 aliphatic heterocycles. The van der Waals surface area contributed by atoms with Crippen LogP contribution in [0.4, 0.5) is 0 Å². The van der Waals surface area contributed by atoms with Gasteiger partial charge in [0.25, 0.3) is 0 Å². The fourth-order valence-corrected chi connectivity index (χ4v) is 8.75. The third kappa shape index (κ3) is 3.32. The lowest BCUT2D eigenvalue weighted by molar-refractivity contribution is -0.205. The Kier molecular flexibility index (Phi) is 5.81. The van der Waals surface area contributed by atoms with Crippen molar-refractivity contribution < 1.29 is 19.7 Å². The molecule has 192 valence electrons. The van der Waals surface area contributed by atoms with Crippen LogP contribution in [0, 0.1) is 11.3 Å². The minimum absolute atomic E-state index is 0.0289. The molecule has 1 spiro atoms. The van der Waals surface area contributed by atoms with E-state index in [0.717, 1.165) is 20.5 Å². The summed E-state index contributed by atoms with van der Waals surface area (Å²) < 4.78 is 7.50. The molecule has 4 aliphatic rings. The largest absolute Gasteiger partial charge is 0.504 e. The number of hydrogen-bond acceptors (Lipinski definition) is 7. The third-order valence-corrected chi connectivity index (χ3v) is 10.6. The van der Waals surface area contributed by atoms with Gasteiger partial charge < -0.3 is 19.8 Å². The van der Waals surface area contributed by atoms with Gasteiger partial charge in [-0.15, -0.1) is 17.9 Å². The van der Waals surface area contributed by atoms with Crippen LogP contribution in [0.1, 0.15) is 35.3 Å². The van der Waals surface area contributed by atoms with Crippen LogP contribution in [0.25, 0.3) is 6.08 Å². The number of carbonyl (C=O) groups excluding carboxylic acids is 1. The molecule has 2 aromatic rings. The highest BCUT2D eigenvalue weighted by Crippen LogP contribution is 2.66. The Labute approximate surface area is 228 Å². The summed E-state index contributed by atoms with van der Waals surface area (Å²) in [6.45, 7) is 4.39. The molecule has 2 aliphatic carbocycles. The summed E-state index contributed by atoms with van der Waals surface area (Å²) in [5.74, 6) is 0.259. The van der Waals surface area contributed by atoms with Gasteiger partial charge >= 0.3 is 0 Å². The average Bonchev–Trinajstić information content (AvgIpc) is 3.46. The van der Waals surface area contributed by atoms with Crippen LogP contribution in [0.3, 0.4) is 0 Å². The number of piperidine rings is 1. The number of carbonyl (C=O) groups is 1. The minimum Gasteiger partial charge on any atom is -0.504 e. The van der Waals surface area contributed by atoms with E-state index in [-0.39, 0.29) is 23.7 Å². The van der Waals surface area contributed by atoms with Gasteiger partial charge in [0.2, 0.25) is 5.91 Å². The van der Waals surface area contributed by atoms with Crippen molar-refractivity contribution in [3.05, 3.63) is 62.8 Å². The fourth-order valence-electron chi connectivity index (χ4n) is 7.41. The zero-order chi connectivity index (χ0) is 26.1. The fraction of sp³-hybridized carbons (Fsp3) is 0.429. The number of hydrogen-bond donors (Lipinski definition) is 2. The molecule has 7 nitrogen and oxygen atoms in total. The Balaban J connectivity index is 1.43. The van der Waals surface area contributed by atoms with Crippen LogP contribution in [-0.4, -0.2) is 69.3 Å².